The number of hydrogen-bond acceptors (Lipinski definition) is 4. The van der Waals surface area contributed by atoms with Gasteiger partial charge in [-0.05, 0) is 19.2 Å². The molecule has 2 N–H and O–H groups in total. The Balaban J connectivity index is 1.69. The lowest BCUT2D eigenvalue weighted by molar-refractivity contribution is -0.115. The smallest absolute Gasteiger partial charge is 0.238 e. The number of likely N-dealkylation sites (N-methyl/N-ethyl adjacent to an activating group) is 1. The van der Waals surface area contributed by atoms with Crippen LogP contribution in [0.1, 0.15) is 0 Å². The first-order chi connectivity index (χ1) is 9.65. The quantitative estimate of drug-likeness (QED) is 0.857. The van der Waals surface area contributed by atoms with Crippen LogP contribution in [0, 0.1) is 0 Å². The van der Waals surface area contributed by atoms with E-state index in [0.717, 1.165) is 19.7 Å². The Bertz CT molecular complexity index is 456. The van der Waals surface area contributed by atoms with E-state index in [-0.39, 0.29) is 18.6 Å². The van der Waals surface area contributed by atoms with Gasteiger partial charge in [-0.25, -0.2) is 0 Å². The summed E-state index contributed by atoms with van der Waals surface area (Å²) in [5.74, 6) is -0.109. The molecular formula is C14H20ClN3O2. The summed E-state index contributed by atoms with van der Waals surface area (Å²) in [7, 11) is 2.07. The third-order valence-electron chi connectivity index (χ3n) is 3.15. The molecule has 0 bridgehead atoms. The number of nitrogens with zero attached hydrogens (tertiary/aromatic N) is 1. The van der Waals surface area contributed by atoms with E-state index in [2.05, 4.69) is 22.6 Å². The fraction of sp³-hybridized carbons (Fsp3) is 0.500. The van der Waals surface area contributed by atoms with Crippen LogP contribution in [0.15, 0.2) is 24.3 Å². The monoisotopic (exact) mass is 297 g/mol. The molecule has 20 heavy (non-hydrogen) atoms. The molecule has 1 aromatic carbocycles. The van der Waals surface area contributed by atoms with Crippen LogP contribution < -0.4 is 10.6 Å². The highest BCUT2D eigenvalue weighted by Gasteiger charge is 2.17. The Labute approximate surface area is 124 Å². The van der Waals surface area contributed by atoms with Crippen molar-refractivity contribution in [1.29, 1.82) is 0 Å². The van der Waals surface area contributed by atoms with Crippen LogP contribution in [0.3, 0.4) is 0 Å². The van der Waals surface area contributed by atoms with Crippen molar-refractivity contribution in [2.45, 2.75) is 6.10 Å². The zero-order valence-electron chi connectivity index (χ0n) is 11.6. The number of hydrogen-bond donors (Lipinski definition) is 2. The second kappa shape index (κ2) is 7.59. The van der Waals surface area contributed by atoms with Gasteiger partial charge in [-0.15, -0.1) is 0 Å². The fourth-order valence-electron chi connectivity index (χ4n) is 2.09. The minimum Gasteiger partial charge on any atom is -0.374 e. The van der Waals surface area contributed by atoms with Crippen molar-refractivity contribution in [2.75, 3.05) is 45.2 Å². The first-order valence-corrected chi connectivity index (χ1v) is 7.08. The minimum atomic E-state index is -0.109. The Kier molecular flexibility index (Phi) is 5.79. The molecule has 0 aliphatic carbocycles. The van der Waals surface area contributed by atoms with Gasteiger partial charge in [0.05, 0.1) is 30.0 Å². The number of morpholine rings is 1. The molecule has 1 aliphatic rings. The molecule has 5 nitrogen and oxygen atoms in total. The van der Waals surface area contributed by atoms with Crippen molar-refractivity contribution in [3.05, 3.63) is 29.3 Å². The van der Waals surface area contributed by atoms with E-state index in [4.69, 9.17) is 16.3 Å². The highest BCUT2D eigenvalue weighted by Crippen LogP contribution is 2.19. The molecule has 1 fully saturated rings. The predicted molar refractivity (Wildman–Crippen MR) is 80.2 cm³/mol. The Morgan fingerprint density at radius 1 is 1.50 bits per heavy atom. The number of nitrogens with one attached hydrogen (secondary N) is 2. The molecule has 1 aromatic rings. The van der Waals surface area contributed by atoms with E-state index in [1.54, 1.807) is 12.1 Å². The Morgan fingerprint density at radius 2 is 2.30 bits per heavy atom. The summed E-state index contributed by atoms with van der Waals surface area (Å²) in [5, 5.41) is 6.42. The minimum absolute atomic E-state index is 0.109. The highest BCUT2D eigenvalue weighted by molar-refractivity contribution is 6.33. The molecule has 110 valence electrons. The normalized spacial score (nSPS) is 19.8. The summed E-state index contributed by atoms with van der Waals surface area (Å²) < 4.78 is 5.61. The summed E-state index contributed by atoms with van der Waals surface area (Å²) in [6.07, 6.45) is 0.141. The summed E-state index contributed by atoms with van der Waals surface area (Å²) >= 11 is 5.98. The topological polar surface area (TPSA) is 53.6 Å². The maximum atomic E-state index is 11.8. The van der Waals surface area contributed by atoms with E-state index in [9.17, 15) is 4.79 Å². The molecule has 1 aliphatic heterocycles. The second-order valence-corrected chi connectivity index (χ2v) is 5.32. The Morgan fingerprint density at radius 3 is 3.05 bits per heavy atom. The first-order valence-electron chi connectivity index (χ1n) is 6.70. The molecule has 1 atom stereocenters. The van der Waals surface area contributed by atoms with Crippen LogP contribution in [-0.4, -0.2) is 56.7 Å². The number of rotatable bonds is 5. The molecule has 1 heterocycles. The van der Waals surface area contributed by atoms with Crippen LogP contribution in [0.2, 0.25) is 5.02 Å². The van der Waals surface area contributed by atoms with E-state index < -0.39 is 0 Å². The molecular weight excluding hydrogens is 278 g/mol. The molecule has 2 rings (SSSR count). The lowest BCUT2D eigenvalue weighted by atomic mass is 10.3. The lowest BCUT2D eigenvalue weighted by Gasteiger charge is -2.30. The molecule has 1 saturated heterocycles. The van der Waals surface area contributed by atoms with Gasteiger partial charge >= 0.3 is 0 Å². The molecule has 0 spiro atoms. The number of halogens is 1. The van der Waals surface area contributed by atoms with Gasteiger partial charge in [-0.3, -0.25) is 4.79 Å². The predicted octanol–water partition coefficient (Wildman–Crippen LogP) is 1.20. The number of para-hydroxylation sites is 1. The molecule has 1 amide bonds. The standard InChI is InChI=1S/C14H20ClN3O2/c1-18-6-7-20-11(10-18)8-16-9-14(19)17-13-5-3-2-4-12(13)15/h2-5,11,16H,6-10H2,1H3,(H,17,19). The molecule has 6 heteroatoms. The number of anilines is 1. The van der Waals surface area contributed by atoms with Gasteiger partial charge in [0.15, 0.2) is 0 Å². The van der Waals surface area contributed by atoms with Crippen molar-refractivity contribution in [3.8, 4) is 0 Å². The van der Waals surface area contributed by atoms with Gasteiger partial charge in [0.1, 0.15) is 0 Å². The first kappa shape index (κ1) is 15.3. The highest BCUT2D eigenvalue weighted by atomic mass is 35.5. The Hall–Kier alpha value is -1.14. The lowest BCUT2D eigenvalue weighted by Crippen LogP contribution is -2.45. The third kappa shape index (κ3) is 4.76. The van der Waals surface area contributed by atoms with Crippen LogP contribution in [0.4, 0.5) is 5.69 Å². The van der Waals surface area contributed by atoms with Crippen molar-refractivity contribution < 1.29 is 9.53 Å². The maximum absolute atomic E-state index is 11.8. The zero-order valence-corrected chi connectivity index (χ0v) is 12.3. The average Bonchev–Trinajstić information content (AvgIpc) is 2.41. The van der Waals surface area contributed by atoms with E-state index >= 15 is 0 Å². The van der Waals surface area contributed by atoms with Crippen molar-refractivity contribution in [2.24, 2.45) is 0 Å². The number of amides is 1. The number of ether oxygens (including phenoxy) is 1. The second-order valence-electron chi connectivity index (χ2n) is 4.91. The van der Waals surface area contributed by atoms with Crippen LogP contribution in [-0.2, 0) is 9.53 Å². The van der Waals surface area contributed by atoms with Gasteiger partial charge in [-0.2, -0.15) is 0 Å². The average molecular weight is 298 g/mol. The molecule has 1 unspecified atom stereocenters. The van der Waals surface area contributed by atoms with Gasteiger partial charge < -0.3 is 20.3 Å². The van der Waals surface area contributed by atoms with Gasteiger partial charge in [0.25, 0.3) is 0 Å². The molecule has 0 radical (unpaired) electrons. The third-order valence-corrected chi connectivity index (χ3v) is 3.48. The van der Waals surface area contributed by atoms with Crippen LogP contribution in [0.5, 0.6) is 0 Å². The zero-order chi connectivity index (χ0) is 14.4. The SMILES string of the molecule is CN1CCOC(CNCC(=O)Nc2ccccc2Cl)C1. The van der Waals surface area contributed by atoms with Crippen molar-refractivity contribution in [3.63, 3.8) is 0 Å². The summed E-state index contributed by atoms with van der Waals surface area (Å²) in [6, 6.07) is 7.18. The summed E-state index contributed by atoms with van der Waals surface area (Å²) in [4.78, 5) is 14.0. The number of carbonyl (C=O) groups excluding carboxylic acids is 1. The molecule has 0 aromatic heterocycles. The largest absolute Gasteiger partial charge is 0.374 e. The van der Waals surface area contributed by atoms with Gasteiger partial charge in [-0.1, -0.05) is 23.7 Å². The van der Waals surface area contributed by atoms with Crippen molar-refractivity contribution in [1.82, 2.24) is 10.2 Å². The van der Waals surface area contributed by atoms with E-state index in [0.29, 0.717) is 17.3 Å². The molecule has 0 saturated carbocycles. The summed E-state index contributed by atoms with van der Waals surface area (Å²) in [5.41, 5.74) is 0.634. The van der Waals surface area contributed by atoms with Crippen LogP contribution >= 0.6 is 11.6 Å². The van der Waals surface area contributed by atoms with Gasteiger partial charge in [0.2, 0.25) is 5.91 Å². The number of carbonyl (C=O) groups is 1. The fourth-order valence-corrected chi connectivity index (χ4v) is 2.28. The van der Waals surface area contributed by atoms with Gasteiger partial charge in [0, 0.05) is 19.6 Å². The van der Waals surface area contributed by atoms with Crippen LogP contribution in [0.25, 0.3) is 0 Å². The van der Waals surface area contributed by atoms with E-state index in [1.807, 2.05) is 12.1 Å². The maximum Gasteiger partial charge on any atom is 0.238 e. The summed E-state index contributed by atoms with van der Waals surface area (Å²) in [6.45, 7) is 3.51. The van der Waals surface area contributed by atoms with E-state index in [1.165, 1.54) is 0 Å². The number of benzene rings is 1. The van der Waals surface area contributed by atoms with Crippen molar-refractivity contribution >= 4 is 23.2 Å².